The van der Waals surface area contributed by atoms with Gasteiger partial charge in [0.2, 0.25) is 5.91 Å². The molecule has 2 rings (SSSR count). The number of carbonyl (C=O) groups excluding carboxylic acids is 1. The van der Waals surface area contributed by atoms with Crippen LogP contribution in [0.1, 0.15) is 19.3 Å². The van der Waals surface area contributed by atoms with E-state index in [0.717, 1.165) is 18.8 Å². The molecular weight excluding hydrogens is 238 g/mol. The second-order valence-corrected chi connectivity index (χ2v) is 5.15. The first-order chi connectivity index (χ1) is 9.25. The van der Waals surface area contributed by atoms with Gasteiger partial charge in [0.25, 0.3) is 0 Å². The second kappa shape index (κ2) is 7.14. The largest absolute Gasteiger partial charge is 0.376 e. The molecule has 1 amide bonds. The Bertz CT molecular complexity index is 394. The van der Waals surface area contributed by atoms with Crippen molar-refractivity contribution in [3.05, 3.63) is 30.3 Å². The molecule has 0 aromatic heterocycles. The molecule has 1 saturated heterocycles. The van der Waals surface area contributed by atoms with Gasteiger partial charge in [0.05, 0.1) is 6.54 Å². The number of likely N-dealkylation sites (tertiary alicyclic amines) is 1. The molecule has 1 atom stereocenters. The molecule has 1 aliphatic heterocycles. The molecule has 1 heterocycles. The SMILES string of the molecule is CN1CCCCC1CNC(=O)CNc1ccccc1. The molecule has 2 N–H and O–H groups in total. The number of amides is 1. The van der Waals surface area contributed by atoms with Gasteiger partial charge in [-0.1, -0.05) is 24.6 Å². The summed E-state index contributed by atoms with van der Waals surface area (Å²) < 4.78 is 0. The Morgan fingerprint density at radius 3 is 2.84 bits per heavy atom. The van der Waals surface area contributed by atoms with Crippen LogP contribution in [0.5, 0.6) is 0 Å². The van der Waals surface area contributed by atoms with Crippen molar-refractivity contribution in [1.29, 1.82) is 0 Å². The second-order valence-electron chi connectivity index (χ2n) is 5.15. The number of carbonyl (C=O) groups is 1. The van der Waals surface area contributed by atoms with Gasteiger partial charge in [0, 0.05) is 18.3 Å². The van der Waals surface area contributed by atoms with E-state index in [9.17, 15) is 4.79 Å². The summed E-state index contributed by atoms with van der Waals surface area (Å²) in [4.78, 5) is 14.1. The van der Waals surface area contributed by atoms with Gasteiger partial charge in [-0.3, -0.25) is 4.79 Å². The average molecular weight is 261 g/mol. The van der Waals surface area contributed by atoms with Crippen molar-refractivity contribution >= 4 is 11.6 Å². The Morgan fingerprint density at radius 1 is 1.32 bits per heavy atom. The van der Waals surface area contributed by atoms with Crippen molar-refractivity contribution in [2.75, 3.05) is 32.0 Å². The van der Waals surface area contributed by atoms with Crippen LogP contribution in [0.4, 0.5) is 5.69 Å². The zero-order valence-corrected chi connectivity index (χ0v) is 11.6. The number of nitrogens with one attached hydrogen (secondary N) is 2. The summed E-state index contributed by atoms with van der Waals surface area (Å²) in [6.45, 7) is 2.23. The van der Waals surface area contributed by atoms with E-state index < -0.39 is 0 Å². The normalized spacial score (nSPS) is 19.9. The molecule has 0 bridgehead atoms. The fraction of sp³-hybridized carbons (Fsp3) is 0.533. The molecule has 104 valence electrons. The quantitative estimate of drug-likeness (QED) is 0.848. The molecule has 1 unspecified atom stereocenters. The molecule has 4 heteroatoms. The summed E-state index contributed by atoms with van der Waals surface area (Å²) in [5.41, 5.74) is 0.979. The van der Waals surface area contributed by atoms with Gasteiger partial charge in [0.15, 0.2) is 0 Å². The lowest BCUT2D eigenvalue weighted by Crippen LogP contribution is -2.45. The van der Waals surface area contributed by atoms with Crippen molar-refractivity contribution in [2.45, 2.75) is 25.3 Å². The van der Waals surface area contributed by atoms with E-state index in [2.05, 4.69) is 22.6 Å². The molecule has 1 aromatic rings. The van der Waals surface area contributed by atoms with Gasteiger partial charge in [0.1, 0.15) is 0 Å². The number of likely N-dealkylation sites (N-methyl/N-ethyl adjacent to an activating group) is 1. The first kappa shape index (κ1) is 13.9. The van der Waals surface area contributed by atoms with Crippen LogP contribution < -0.4 is 10.6 Å². The summed E-state index contributed by atoms with van der Waals surface area (Å²) >= 11 is 0. The zero-order chi connectivity index (χ0) is 13.5. The first-order valence-electron chi connectivity index (χ1n) is 7.01. The molecule has 0 spiro atoms. The molecular formula is C15H23N3O. The summed E-state index contributed by atoms with van der Waals surface area (Å²) in [6, 6.07) is 10.3. The number of hydrogen-bond acceptors (Lipinski definition) is 3. The van der Waals surface area contributed by atoms with Gasteiger partial charge >= 0.3 is 0 Å². The maximum Gasteiger partial charge on any atom is 0.239 e. The number of benzene rings is 1. The Balaban J connectivity index is 1.67. The van der Waals surface area contributed by atoms with E-state index in [1.807, 2.05) is 30.3 Å². The van der Waals surface area contributed by atoms with Gasteiger partial charge in [-0.05, 0) is 38.6 Å². The Kier molecular flexibility index (Phi) is 5.21. The Morgan fingerprint density at radius 2 is 2.11 bits per heavy atom. The lowest BCUT2D eigenvalue weighted by atomic mass is 10.0. The van der Waals surface area contributed by atoms with E-state index in [0.29, 0.717) is 12.6 Å². The predicted octanol–water partition coefficient (Wildman–Crippen LogP) is 1.70. The molecule has 0 aliphatic carbocycles. The molecule has 0 radical (unpaired) electrons. The van der Waals surface area contributed by atoms with E-state index in [4.69, 9.17) is 0 Å². The number of rotatable bonds is 5. The molecule has 1 aromatic carbocycles. The van der Waals surface area contributed by atoms with Crippen molar-refractivity contribution in [3.8, 4) is 0 Å². The summed E-state index contributed by atoms with van der Waals surface area (Å²) in [7, 11) is 2.14. The van der Waals surface area contributed by atoms with E-state index in [1.165, 1.54) is 19.3 Å². The van der Waals surface area contributed by atoms with Crippen molar-refractivity contribution in [2.24, 2.45) is 0 Å². The van der Waals surface area contributed by atoms with Crippen LogP contribution in [0.3, 0.4) is 0 Å². The van der Waals surface area contributed by atoms with Crippen LogP contribution in [0, 0.1) is 0 Å². The van der Waals surface area contributed by atoms with Crippen molar-refractivity contribution in [3.63, 3.8) is 0 Å². The van der Waals surface area contributed by atoms with Crippen LogP contribution in [-0.2, 0) is 4.79 Å². The molecule has 19 heavy (non-hydrogen) atoms. The van der Waals surface area contributed by atoms with Crippen molar-refractivity contribution in [1.82, 2.24) is 10.2 Å². The van der Waals surface area contributed by atoms with Gasteiger partial charge < -0.3 is 15.5 Å². The number of hydrogen-bond donors (Lipinski definition) is 2. The fourth-order valence-corrected chi connectivity index (χ4v) is 2.43. The summed E-state index contributed by atoms with van der Waals surface area (Å²) in [5.74, 6) is 0.0582. The third kappa shape index (κ3) is 4.56. The lowest BCUT2D eigenvalue weighted by Gasteiger charge is -2.32. The van der Waals surface area contributed by atoms with Crippen LogP contribution in [0.25, 0.3) is 0 Å². The smallest absolute Gasteiger partial charge is 0.239 e. The highest BCUT2D eigenvalue weighted by molar-refractivity contribution is 5.80. The average Bonchev–Trinajstić information content (AvgIpc) is 2.45. The van der Waals surface area contributed by atoms with Crippen LogP contribution in [-0.4, -0.2) is 43.5 Å². The van der Waals surface area contributed by atoms with E-state index >= 15 is 0 Å². The highest BCUT2D eigenvalue weighted by Gasteiger charge is 2.18. The van der Waals surface area contributed by atoms with Crippen LogP contribution in [0.2, 0.25) is 0 Å². The van der Waals surface area contributed by atoms with Gasteiger partial charge in [-0.15, -0.1) is 0 Å². The lowest BCUT2D eigenvalue weighted by molar-refractivity contribution is -0.119. The highest BCUT2D eigenvalue weighted by atomic mass is 16.1. The highest BCUT2D eigenvalue weighted by Crippen LogP contribution is 2.13. The minimum atomic E-state index is 0.0582. The first-order valence-corrected chi connectivity index (χ1v) is 7.01. The molecule has 0 saturated carbocycles. The zero-order valence-electron chi connectivity index (χ0n) is 11.6. The minimum absolute atomic E-state index is 0.0582. The standard InChI is InChI=1S/C15H23N3O/c1-18-10-6-5-9-14(18)11-17-15(19)12-16-13-7-3-2-4-8-13/h2-4,7-8,14,16H,5-6,9-12H2,1H3,(H,17,19). The maximum absolute atomic E-state index is 11.8. The third-order valence-electron chi connectivity index (χ3n) is 3.68. The van der Waals surface area contributed by atoms with E-state index in [1.54, 1.807) is 0 Å². The Hall–Kier alpha value is -1.55. The molecule has 1 fully saturated rings. The van der Waals surface area contributed by atoms with Crippen LogP contribution >= 0.6 is 0 Å². The monoisotopic (exact) mass is 261 g/mol. The molecule has 4 nitrogen and oxygen atoms in total. The number of nitrogens with zero attached hydrogens (tertiary/aromatic N) is 1. The number of para-hydroxylation sites is 1. The van der Waals surface area contributed by atoms with Crippen molar-refractivity contribution < 1.29 is 4.79 Å². The minimum Gasteiger partial charge on any atom is -0.376 e. The Labute approximate surface area is 115 Å². The number of anilines is 1. The predicted molar refractivity (Wildman–Crippen MR) is 78.2 cm³/mol. The van der Waals surface area contributed by atoms with Gasteiger partial charge in [-0.25, -0.2) is 0 Å². The summed E-state index contributed by atoms with van der Waals surface area (Å²) in [6.07, 6.45) is 3.73. The van der Waals surface area contributed by atoms with Crippen LogP contribution in [0.15, 0.2) is 30.3 Å². The van der Waals surface area contributed by atoms with E-state index in [-0.39, 0.29) is 5.91 Å². The fourth-order valence-electron chi connectivity index (χ4n) is 2.43. The maximum atomic E-state index is 11.8. The van der Waals surface area contributed by atoms with Gasteiger partial charge in [-0.2, -0.15) is 0 Å². The topological polar surface area (TPSA) is 44.4 Å². The molecule has 1 aliphatic rings. The third-order valence-corrected chi connectivity index (χ3v) is 3.68. The summed E-state index contributed by atoms with van der Waals surface area (Å²) in [5, 5.41) is 6.13. The number of piperidine rings is 1.